The van der Waals surface area contributed by atoms with Crippen molar-refractivity contribution in [2.75, 3.05) is 20.8 Å². The Morgan fingerprint density at radius 3 is 2.50 bits per heavy atom. The van der Waals surface area contributed by atoms with Crippen LogP contribution in [0.15, 0.2) is 22.6 Å². The van der Waals surface area contributed by atoms with Gasteiger partial charge in [-0.05, 0) is 18.2 Å². The van der Waals surface area contributed by atoms with Crippen molar-refractivity contribution < 1.29 is 38.1 Å². The number of carbonyl (C=O) groups excluding carboxylic acids is 3. The fourth-order valence-electron chi connectivity index (χ4n) is 1.71. The summed E-state index contributed by atoms with van der Waals surface area (Å²) in [5.74, 6) is -3.06. The van der Waals surface area contributed by atoms with Gasteiger partial charge in [-0.2, -0.15) is 0 Å². The Kier molecular flexibility index (Phi) is 4.31. The third kappa shape index (κ3) is 2.85. The van der Waals surface area contributed by atoms with Crippen LogP contribution in [0.2, 0.25) is 0 Å². The SMILES string of the molecule is COC(=O)COC(=O)c1ccc2c(O)c(C(=O)OC)oc2c1. The topological polar surface area (TPSA) is 112 Å². The molecule has 0 radical (unpaired) electrons. The van der Waals surface area contributed by atoms with Crippen molar-refractivity contribution in [3.63, 3.8) is 0 Å². The molecule has 1 aromatic heterocycles. The van der Waals surface area contributed by atoms with E-state index in [1.165, 1.54) is 25.3 Å². The summed E-state index contributed by atoms with van der Waals surface area (Å²) < 4.78 is 18.7. The first kappa shape index (κ1) is 15.4. The first-order valence-corrected chi connectivity index (χ1v) is 6.05. The van der Waals surface area contributed by atoms with Crippen molar-refractivity contribution in [3.05, 3.63) is 29.5 Å². The van der Waals surface area contributed by atoms with Crippen molar-refractivity contribution in [2.24, 2.45) is 0 Å². The number of fused-ring (bicyclic) bond motifs is 1. The lowest BCUT2D eigenvalue weighted by atomic mass is 10.1. The number of benzene rings is 1. The number of rotatable bonds is 4. The van der Waals surface area contributed by atoms with Crippen LogP contribution in [-0.4, -0.2) is 43.8 Å². The molecule has 1 aromatic carbocycles. The Balaban J connectivity index is 2.29. The van der Waals surface area contributed by atoms with E-state index in [1.807, 2.05) is 0 Å². The van der Waals surface area contributed by atoms with Gasteiger partial charge >= 0.3 is 17.9 Å². The summed E-state index contributed by atoms with van der Waals surface area (Å²) in [4.78, 5) is 34.1. The van der Waals surface area contributed by atoms with Crippen LogP contribution >= 0.6 is 0 Å². The van der Waals surface area contributed by atoms with E-state index in [2.05, 4.69) is 9.47 Å². The molecule has 2 aromatic rings. The van der Waals surface area contributed by atoms with E-state index < -0.39 is 24.5 Å². The third-order valence-corrected chi connectivity index (χ3v) is 2.82. The summed E-state index contributed by atoms with van der Waals surface area (Å²) in [5.41, 5.74) is 0.187. The van der Waals surface area contributed by atoms with Crippen LogP contribution in [0.25, 0.3) is 11.0 Å². The van der Waals surface area contributed by atoms with Crippen molar-refractivity contribution in [2.45, 2.75) is 0 Å². The predicted molar refractivity (Wildman–Crippen MR) is 71.5 cm³/mol. The Morgan fingerprint density at radius 1 is 1.14 bits per heavy atom. The summed E-state index contributed by atoms with van der Waals surface area (Å²) in [6, 6.07) is 4.02. The molecule has 2 rings (SSSR count). The maximum Gasteiger partial charge on any atom is 0.377 e. The van der Waals surface area contributed by atoms with Crippen molar-refractivity contribution in [3.8, 4) is 5.75 Å². The number of furan rings is 1. The van der Waals surface area contributed by atoms with Gasteiger partial charge in [0.15, 0.2) is 12.4 Å². The molecule has 0 saturated heterocycles. The van der Waals surface area contributed by atoms with Gasteiger partial charge in [-0.3, -0.25) is 0 Å². The van der Waals surface area contributed by atoms with Crippen molar-refractivity contribution >= 4 is 28.9 Å². The highest BCUT2D eigenvalue weighted by atomic mass is 16.6. The molecule has 0 unspecified atom stereocenters. The van der Waals surface area contributed by atoms with Gasteiger partial charge in [0.2, 0.25) is 0 Å². The minimum Gasteiger partial charge on any atom is -0.504 e. The van der Waals surface area contributed by atoms with E-state index in [-0.39, 0.29) is 28.0 Å². The van der Waals surface area contributed by atoms with Crippen LogP contribution in [0.3, 0.4) is 0 Å². The van der Waals surface area contributed by atoms with E-state index in [9.17, 15) is 19.5 Å². The highest BCUT2D eigenvalue weighted by Gasteiger charge is 2.22. The Labute approximate surface area is 124 Å². The summed E-state index contributed by atoms with van der Waals surface area (Å²) >= 11 is 0. The molecule has 1 heterocycles. The van der Waals surface area contributed by atoms with Gasteiger partial charge in [-0.15, -0.1) is 0 Å². The summed E-state index contributed by atoms with van der Waals surface area (Å²) in [7, 11) is 2.31. The number of aromatic hydroxyl groups is 1. The van der Waals surface area contributed by atoms with Gasteiger partial charge in [0.1, 0.15) is 5.58 Å². The quantitative estimate of drug-likeness (QED) is 0.663. The van der Waals surface area contributed by atoms with Crippen LogP contribution in [0.4, 0.5) is 0 Å². The van der Waals surface area contributed by atoms with Gasteiger partial charge < -0.3 is 23.7 Å². The summed E-state index contributed by atoms with van der Waals surface area (Å²) in [6.07, 6.45) is 0. The van der Waals surface area contributed by atoms with Crippen LogP contribution in [0.5, 0.6) is 5.75 Å². The normalized spacial score (nSPS) is 10.3. The maximum atomic E-state index is 11.8. The zero-order valence-corrected chi connectivity index (χ0v) is 11.7. The lowest BCUT2D eigenvalue weighted by Crippen LogP contribution is -2.14. The zero-order chi connectivity index (χ0) is 16.3. The molecule has 0 aliphatic heterocycles. The maximum absolute atomic E-state index is 11.8. The highest BCUT2D eigenvalue weighted by molar-refractivity contribution is 6.01. The average Bonchev–Trinajstić information content (AvgIpc) is 2.87. The fraction of sp³-hybridized carbons (Fsp3) is 0.214. The Morgan fingerprint density at radius 2 is 1.86 bits per heavy atom. The lowest BCUT2D eigenvalue weighted by Gasteiger charge is -2.03. The molecular weight excluding hydrogens is 296 g/mol. The number of ether oxygens (including phenoxy) is 3. The van der Waals surface area contributed by atoms with Gasteiger partial charge in [-0.1, -0.05) is 0 Å². The molecule has 8 nitrogen and oxygen atoms in total. The second-order valence-corrected chi connectivity index (χ2v) is 4.13. The number of esters is 3. The molecule has 1 N–H and O–H groups in total. The molecule has 0 fully saturated rings. The van der Waals surface area contributed by atoms with E-state index >= 15 is 0 Å². The molecule has 8 heteroatoms. The zero-order valence-electron chi connectivity index (χ0n) is 11.7. The highest BCUT2D eigenvalue weighted by Crippen LogP contribution is 2.33. The van der Waals surface area contributed by atoms with Gasteiger partial charge in [-0.25, -0.2) is 14.4 Å². The lowest BCUT2D eigenvalue weighted by molar-refractivity contribution is -0.144. The molecule has 0 aliphatic carbocycles. The van der Waals surface area contributed by atoms with Gasteiger partial charge in [0.25, 0.3) is 5.76 Å². The first-order chi connectivity index (χ1) is 10.5. The first-order valence-electron chi connectivity index (χ1n) is 6.05. The Bertz CT molecular complexity index is 743. The third-order valence-electron chi connectivity index (χ3n) is 2.82. The number of hydrogen-bond acceptors (Lipinski definition) is 8. The second-order valence-electron chi connectivity index (χ2n) is 4.13. The summed E-state index contributed by atoms with van der Waals surface area (Å²) in [6.45, 7) is -0.524. The average molecular weight is 308 g/mol. The smallest absolute Gasteiger partial charge is 0.377 e. The van der Waals surface area contributed by atoms with Crippen molar-refractivity contribution in [1.29, 1.82) is 0 Å². The molecule has 22 heavy (non-hydrogen) atoms. The number of hydrogen-bond donors (Lipinski definition) is 1. The minimum absolute atomic E-state index is 0.0848. The molecule has 0 bridgehead atoms. The Hall–Kier alpha value is -3.03. The van der Waals surface area contributed by atoms with Gasteiger partial charge in [0, 0.05) is 0 Å². The van der Waals surface area contributed by atoms with E-state index in [1.54, 1.807) is 0 Å². The predicted octanol–water partition coefficient (Wildman–Crippen LogP) is 1.25. The second kappa shape index (κ2) is 6.17. The van der Waals surface area contributed by atoms with Crippen LogP contribution in [-0.2, 0) is 19.0 Å². The van der Waals surface area contributed by atoms with Crippen LogP contribution < -0.4 is 0 Å². The summed E-state index contributed by atoms with van der Waals surface area (Å²) in [5, 5.41) is 10.1. The molecular formula is C14H12O8. The van der Waals surface area contributed by atoms with Crippen LogP contribution in [0.1, 0.15) is 20.9 Å². The van der Waals surface area contributed by atoms with E-state index in [0.29, 0.717) is 0 Å². The van der Waals surface area contributed by atoms with Gasteiger partial charge in [0.05, 0.1) is 25.2 Å². The molecule has 0 atom stereocenters. The molecule has 0 spiro atoms. The van der Waals surface area contributed by atoms with Crippen LogP contribution in [0, 0.1) is 0 Å². The molecule has 0 amide bonds. The number of methoxy groups -OCH3 is 2. The molecule has 116 valence electrons. The minimum atomic E-state index is -0.844. The standard InChI is InChI=1S/C14H12O8/c1-19-10(15)6-21-13(17)7-3-4-8-9(5-7)22-12(11(8)16)14(18)20-2/h3-5,16H,6H2,1-2H3. The monoisotopic (exact) mass is 308 g/mol. The number of carbonyl (C=O) groups is 3. The molecule has 0 saturated carbocycles. The fourth-order valence-corrected chi connectivity index (χ4v) is 1.71. The molecule has 0 aliphatic rings. The van der Waals surface area contributed by atoms with E-state index in [0.717, 1.165) is 7.11 Å². The van der Waals surface area contributed by atoms with Crippen molar-refractivity contribution in [1.82, 2.24) is 0 Å². The largest absolute Gasteiger partial charge is 0.504 e. The van der Waals surface area contributed by atoms with E-state index in [4.69, 9.17) is 9.15 Å².